The monoisotopic (exact) mass is 346 g/mol. The number of hydrogen-bond acceptors (Lipinski definition) is 5. The van der Waals surface area contributed by atoms with Gasteiger partial charge in [-0.25, -0.2) is 23.5 Å². The summed E-state index contributed by atoms with van der Waals surface area (Å²) in [5, 5.41) is 5.15. The summed E-state index contributed by atoms with van der Waals surface area (Å²) in [6, 6.07) is 6.93. The molecule has 7 heteroatoms. The fourth-order valence-corrected chi connectivity index (χ4v) is 3.71. The first-order valence-corrected chi connectivity index (χ1v) is 9.57. The average molecular weight is 346 g/mol. The van der Waals surface area contributed by atoms with Crippen LogP contribution in [0.15, 0.2) is 35.5 Å². The highest BCUT2D eigenvalue weighted by molar-refractivity contribution is 7.89. The van der Waals surface area contributed by atoms with Gasteiger partial charge in [-0.15, -0.1) is 0 Å². The highest BCUT2D eigenvalue weighted by atomic mass is 32.2. The molecule has 0 atom stereocenters. The number of piperidine rings is 1. The molecule has 0 bridgehead atoms. The molecule has 0 unspecified atom stereocenters. The van der Waals surface area contributed by atoms with E-state index >= 15 is 0 Å². The zero-order valence-electron chi connectivity index (χ0n) is 13.9. The maximum absolute atomic E-state index is 11.3. The molecule has 0 spiro atoms. The molecule has 0 saturated carbocycles. The molecule has 128 valence electrons. The number of anilines is 1. The minimum atomic E-state index is -3.63. The van der Waals surface area contributed by atoms with Gasteiger partial charge in [0.25, 0.3) is 0 Å². The number of nitrogens with two attached hydrogens (primary N) is 1. The molecule has 2 N–H and O–H groups in total. The van der Waals surface area contributed by atoms with E-state index in [0.29, 0.717) is 5.92 Å². The second-order valence-electron chi connectivity index (χ2n) is 6.28. The number of nitrogens with zero attached hydrogens (tertiary/aromatic N) is 3. The minimum absolute atomic E-state index is 0.163. The van der Waals surface area contributed by atoms with Gasteiger partial charge < -0.3 is 4.90 Å². The molecule has 24 heavy (non-hydrogen) atoms. The van der Waals surface area contributed by atoms with Crippen molar-refractivity contribution in [3.63, 3.8) is 0 Å². The van der Waals surface area contributed by atoms with Crippen molar-refractivity contribution in [2.45, 2.75) is 37.5 Å². The van der Waals surface area contributed by atoms with Crippen molar-refractivity contribution in [3.05, 3.63) is 47.4 Å². The molecular formula is C17H22N4O2S. The highest BCUT2D eigenvalue weighted by Gasteiger charge is 2.23. The number of aryl methyl sites for hydroxylation is 1. The second kappa shape index (κ2) is 6.49. The summed E-state index contributed by atoms with van der Waals surface area (Å²) >= 11 is 0. The molecule has 1 saturated heterocycles. The van der Waals surface area contributed by atoms with Crippen LogP contribution in [0.1, 0.15) is 35.6 Å². The molecule has 0 radical (unpaired) electrons. The van der Waals surface area contributed by atoms with Crippen molar-refractivity contribution >= 4 is 15.8 Å². The lowest BCUT2D eigenvalue weighted by atomic mass is 9.89. The Morgan fingerprint density at radius 3 is 2.29 bits per heavy atom. The maximum Gasteiger partial charge on any atom is 0.238 e. The van der Waals surface area contributed by atoms with Crippen molar-refractivity contribution in [1.29, 1.82) is 0 Å². The number of aromatic nitrogens is 2. The summed E-state index contributed by atoms with van der Waals surface area (Å²) < 4.78 is 22.7. The Balaban J connectivity index is 1.70. The van der Waals surface area contributed by atoms with E-state index in [1.54, 1.807) is 18.5 Å². The van der Waals surface area contributed by atoms with E-state index in [1.807, 2.05) is 19.1 Å². The first-order chi connectivity index (χ1) is 11.4. The van der Waals surface area contributed by atoms with Crippen LogP contribution < -0.4 is 10.0 Å². The number of sulfonamides is 1. The Bertz CT molecular complexity index is 826. The van der Waals surface area contributed by atoms with Gasteiger partial charge >= 0.3 is 0 Å². The van der Waals surface area contributed by atoms with Crippen LogP contribution in [-0.4, -0.2) is 31.5 Å². The normalized spacial score (nSPS) is 16.4. The lowest BCUT2D eigenvalue weighted by Crippen LogP contribution is -2.34. The molecule has 1 fully saturated rings. The van der Waals surface area contributed by atoms with Crippen molar-refractivity contribution in [3.8, 4) is 0 Å². The molecular weight excluding hydrogens is 324 g/mol. The molecule has 0 aliphatic carbocycles. The Morgan fingerprint density at radius 1 is 1.08 bits per heavy atom. The van der Waals surface area contributed by atoms with Crippen LogP contribution >= 0.6 is 0 Å². The molecule has 2 aromatic rings. The van der Waals surface area contributed by atoms with Gasteiger partial charge in [0.05, 0.1) is 4.90 Å². The van der Waals surface area contributed by atoms with E-state index in [1.165, 1.54) is 0 Å². The summed E-state index contributed by atoms with van der Waals surface area (Å²) in [6.45, 7) is 5.92. The lowest BCUT2D eigenvalue weighted by Gasteiger charge is -2.34. The Hall–Kier alpha value is -1.99. The van der Waals surface area contributed by atoms with Gasteiger partial charge in [-0.2, -0.15) is 0 Å². The Kier molecular flexibility index (Phi) is 4.56. The quantitative estimate of drug-likeness (QED) is 0.919. The SMILES string of the molecule is Cc1ncnc(N2CCC(c3ccc(S(N)(=O)=O)cc3)CC2)c1C. The first kappa shape index (κ1) is 16.9. The third-order valence-corrected chi connectivity index (χ3v) is 5.71. The Labute approximate surface area is 142 Å². The number of rotatable bonds is 3. The van der Waals surface area contributed by atoms with Crippen molar-refractivity contribution < 1.29 is 8.42 Å². The summed E-state index contributed by atoms with van der Waals surface area (Å²) in [5.41, 5.74) is 3.31. The number of primary sulfonamides is 1. The third-order valence-electron chi connectivity index (χ3n) is 4.78. The molecule has 3 rings (SSSR count). The summed E-state index contributed by atoms with van der Waals surface area (Å²) in [4.78, 5) is 11.1. The van der Waals surface area contributed by atoms with Crippen LogP contribution in [0.4, 0.5) is 5.82 Å². The molecule has 6 nitrogen and oxygen atoms in total. The summed E-state index contributed by atoms with van der Waals surface area (Å²) in [5.74, 6) is 1.45. The van der Waals surface area contributed by atoms with Gasteiger partial charge in [-0.1, -0.05) is 12.1 Å². The second-order valence-corrected chi connectivity index (χ2v) is 7.84. The Morgan fingerprint density at radius 2 is 1.71 bits per heavy atom. The van der Waals surface area contributed by atoms with Crippen LogP contribution in [0.3, 0.4) is 0 Å². The van der Waals surface area contributed by atoms with Gasteiger partial charge in [0.15, 0.2) is 0 Å². The zero-order chi connectivity index (χ0) is 17.3. The predicted molar refractivity (Wildman–Crippen MR) is 93.5 cm³/mol. The predicted octanol–water partition coefficient (Wildman–Crippen LogP) is 2.12. The van der Waals surface area contributed by atoms with Gasteiger partial charge in [0.1, 0.15) is 12.1 Å². The van der Waals surface area contributed by atoms with Crippen LogP contribution in [0.5, 0.6) is 0 Å². The van der Waals surface area contributed by atoms with E-state index in [2.05, 4.69) is 21.8 Å². The van der Waals surface area contributed by atoms with Gasteiger partial charge in [-0.3, -0.25) is 0 Å². The minimum Gasteiger partial charge on any atom is -0.356 e. The van der Waals surface area contributed by atoms with Crippen LogP contribution in [-0.2, 0) is 10.0 Å². The standard InChI is InChI=1S/C17H22N4O2S/c1-12-13(2)19-11-20-17(12)21-9-7-15(8-10-21)14-3-5-16(6-4-14)24(18,22)23/h3-6,11,15H,7-10H2,1-2H3,(H2,18,22,23). The smallest absolute Gasteiger partial charge is 0.238 e. The van der Waals surface area contributed by atoms with Gasteiger partial charge in [-0.05, 0) is 50.3 Å². The van der Waals surface area contributed by atoms with E-state index < -0.39 is 10.0 Å². The topological polar surface area (TPSA) is 89.2 Å². The van der Waals surface area contributed by atoms with Crippen LogP contribution in [0, 0.1) is 13.8 Å². The van der Waals surface area contributed by atoms with Crippen molar-refractivity contribution in [2.24, 2.45) is 5.14 Å². The third kappa shape index (κ3) is 3.42. The van der Waals surface area contributed by atoms with Crippen LogP contribution in [0.25, 0.3) is 0 Å². The largest absolute Gasteiger partial charge is 0.356 e. The van der Waals surface area contributed by atoms with Crippen molar-refractivity contribution in [2.75, 3.05) is 18.0 Å². The van der Waals surface area contributed by atoms with E-state index in [-0.39, 0.29) is 4.90 Å². The lowest BCUT2D eigenvalue weighted by molar-refractivity contribution is 0.501. The van der Waals surface area contributed by atoms with E-state index in [9.17, 15) is 8.42 Å². The average Bonchev–Trinajstić information content (AvgIpc) is 2.57. The molecule has 0 amide bonds. The summed E-state index contributed by atoms with van der Waals surface area (Å²) in [6.07, 6.45) is 3.64. The molecule has 1 aromatic heterocycles. The number of hydrogen-bond donors (Lipinski definition) is 1. The van der Waals surface area contributed by atoms with Crippen LogP contribution in [0.2, 0.25) is 0 Å². The fraction of sp³-hybridized carbons (Fsp3) is 0.412. The van der Waals surface area contributed by atoms with Gasteiger partial charge in [0.2, 0.25) is 10.0 Å². The fourth-order valence-electron chi connectivity index (χ4n) is 3.20. The highest BCUT2D eigenvalue weighted by Crippen LogP contribution is 2.31. The number of benzene rings is 1. The first-order valence-electron chi connectivity index (χ1n) is 8.02. The molecule has 1 aliphatic heterocycles. The van der Waals surface area contributed by atoms with E-state index in [4.69, 9.17) is 5.14 Å². The summed E-state index contributed by atoms with van der Waals surface area (Å²) in [7, 11) is -3.63. The molecule has 1 aliphatic rings. The maximum atomic E-state index is 11.3. The van der Waals surface area contributed by atoms with E-state index in [0.717, 1.165) is 48.6 Å². The molecule has 2 heterocycles. The molecule has 1 aromatic carbocycles. The van der Waals surface area contributed by atoms with Crippen molar-refractivity contribution in [1.82, 2.24) is 9.97 Å². The van der Waals surface area contributed by atoms with Gasteiger partial charge in [0, 0.05) is 24.3 Å². The zero-order valence-corrected chi connectivity index (χ0v) is 14.8.